The molecule has 0 radical (unpaired) electrons. The summed E-state index contributed by atoms with van der Waals surface area (Å²) < 4.78 is 10.5. The van der Waals surface area contributed by atoms with Gasteiger partial charge in [0, 0.05) is 12.8 Å². The van der Waals surface area contributed by atoms with E-state index >= 15 is 0 Å². The van der Waals surface area contributed by atoms with Crippen LogP contribution in [0.2, 0.25) is 0 Å². The topological polar surface area (TPSA) is 72.8 Å². The van der Waals surface area contributed by atoms with Gasteiger partial charge in [-0.05, 0) is 77.0 Å². The Morgan fingerprint density at radius 3 is 1.18 bits per heavy atom. The summed E-state index contributed by atoms with van der Waals surface area (Å²) in [4.78, 5) is 24.1. The molecule has 0 aromatic heterocycles. The maximum Gasteiger partial charge on any atom is 0.306 e. The number of esters is 2. The Balaban J connectivity index is 3.56. The third kappa shape index (κ3) is 43.4. The van der Waals surface area contributed by atoms with E-state index in [-0.39, 0.29) is 25.2 Å². The minimum Gasteiger partial charge on any atom is -0.462 e. The van der Waals surface area contributed by atoms with E-state index in [1.54, 1.807) is 0 Å². The quantitative estimate of drug-likeness (QED) is 0.0383. The predicted octanol–water partition coefficient (Wildman–Crippen LogP) is 14.5. The van der Waals surface area contributed by atoms with Crippen LogP contribution in [0.4, 0.5) is 0 Å². The van der Waals surface area contributed by atoms with E-state index < -0.39 is 6.10 Å². The fourth-order valence-electron chi connectivity index (χ4n) is 5.80. The fourth-order valence-corrected chi connectivity index (χ4v) is 5.80. The lowest BCUT2D eigenvalue weighted by Crippen LogP contribution is -2.28. The molecule has 55 heavy (non-hydrogen) atoms. The van der Waals surface area contributed by atoms with Gasteiger partial charge in [-0.25, -0.2) is 0 Å². The van der Waals surface area contributed by atoms with Crippen molar-refractivity contribution < 1.29 is 24.2 Å². The summed E-state index contributed by atoms with van der Waals surface area (Å²) in [6.45, 7) is 3.94. The molecule has 0 aromatic carbocycles. The van der Waals surface area contributed by atoms with Crippen LogP contribution in [0.25, 0.3) is 0 Å². The lowest BCUT2D eigenvalue weighted by Gasteiger charge is -2.15. The van der Waals surface area contributed by atoms with Crippen LogP contribution in [-0.2, 0) is 19.1 Å². The van der Waals surface area contributed by atoms with Gasteiger partial charge in [0.15, 0.2) is 6.10 Å². The molecule has 0 aliphatic rings. The molecular formula is C50H82O5. The van der Waals surface area contributed by atoms with Gasteiger partial charge in [0.05, 0.1) is 6.61 Å². The van der Waals surface area contributed by atoms with Crippen LogP contribution in [0.1, 0.15) is 187 Å². The highest BCUT2D eigenvalue weighted by molar-refractivity contribution is 5.70. The van der Waals surface area contributed by atoms with E-state index in [4.69, 9.17) is 9.47 Å². The van der Waals surface area contributed by atoms with Gasteiger partial charge < -0.3 is 14.6 Å². The van der Waals surface area contributed by atoms with E-state index in [0.717, 1.165) is 89.9 Å². The maximum atomic E-state index is 12.1. The summed E-state index contributed by atoms with van der Waals surface area (Å²) in [7, 11) is 0. The van der Waals surface area contributed by atoms with Crippen LogP contribution in [0.15, 0.2) is 97.2 Å². The Labute approximate surface area is 338 Å². The summed E-state index contributed by atoms with van der Waals surface area (Å²) in [5, 5.41) is 9.50. The van der Waals surface area contributed by atoms with Crippen molar-refractivity contribution in [1.29, 1.82) is 0 Å². The average Bonchev–Trinajstić information content (AvgIpc) is 3.19. The number of ether oxygens (including phenoxy) is 2. The monoisotopic (exact) mass is 763 g/mol. The van der Waals surface area contributed by atoms with Crippen LogP contribution < -0.4 is 0 Å². The zero-order valence-corrected chi connectivity index (χ0v) is 35.4. The molecule has 0 aliphatic carbocycles. The van der Waals surface area contributed by atoms with E-state index in [9.17, 15) is 14.7 Å². The zero-order chi connectivity index (χ0) is 40.0. The van der Waals surface area contributed by atoms with Crippen LogP contribution >= 0.6 is 0 Å². The number of aliphatic hydroxyl groups is 1. The van der Waals surface area contributed by atoms with Gasteiger partial charge in [-0.15, -0.1) is 0 Å². The van der Waals surface area contributed by atoms with Gasteiger partial charge >= 0.3 is 11.9 Å². The van der Waals surface area contributed by atoms with Crippen LogP contribution in [0, 0.1) is 0 Å². The highest BCUT2D eigenvalue weighted by atomic mass is 16.6. The average molecular weight is 763 g/mol. The number of rotatable bonds is 39. The minimum absolute atomic E-state index is 0.0714. The van der Waals surface area contributed by atoms with Crippen molar-refractivity contribution in [2.24, 2.45) is 0 Å². The maximum absolute atomic E-state index is 12.1. The second-order valence-corrected chi connectivity index (χ2v) is 14.4. The first-order valence-corrected chi connectivity index (χ1v) is 22.3. The first kappa shape index (κ1) is 51.8. The third-order valence-corrected chi connectivity index (χ3v) is 9.14. The van der Waals surface area contributed by atoms with E-state index in [1.165, 1.54) is 70.6 Å². The van der Waals surface area contributed by atoms with Crippen molar-refractivity contribution in [2.75, 3.05) is 13.2 Å². The molecule has 1 unspecified atom stereocenters. The van der Waals surface area contributed by atoms with Crippen molar-refractivity contribution in [3.63, 3.8) is 0 Å². The van der Waals surface area contributed by atoms with Crippen molar-refractivity contribution in [3.8, 4) is 0 Å². The largest absolute Gasteiger partial charge is 0.462 e. The first-order chi connectivity index (χ1) is 27.1. The van der Waals surface area contributed by atoms with Crippen LogP contribution in [0.3, 0.4) is 0 Å². The number of hydrogen-bond acceptors (Lipinski definition) is 5. The Morgan fingerprint density at radius 1 is 0.436 bits per heavy atom. The molecule has 0 saturated carbocycles. The number of allylic oxidation sites excluding steroid dienone is 16. The molecule has 0 fully saturated rings. The molecule has 5 heteroatoms. The predicted molar refractivity (Wildman–Crippen MR) is 237 cm³/mol. The second kappa shape index (κ2) is 45.2. The third-order valence-electron chi connectivity index (χ3n) is 9.14. The SMILES string of the molecule is CC/C=C\C/C=C\C/C=C\C/C=C\C/C=C\C/C=C\C/C=C\C/C=C\CCCCCCCCCCCCC(=O)OC(CO)COC(=O)CCCCCCCC. The van der Waals surface area contributed by atoms with Gasteiger partial charge in [-0.2, -0.15) is 0 Å². The zero-order valence-electron chi connectivity index (χ0n) is 35.4. The van der Waals surface area contributed by atoms with Gasteiger partial charge in [0.25, 0.3) is 0 Å². The fraction of sp³-hybridized carbons (Fsp3) is 0.640. The molecule has 1 N–H and O–H groups in total. The first-order valence-electron chi connectivity index (χ1n) is 22.3. The summed E-state index contributed by atoms with van der Waals surface area (Å²) >= 11 is 0. The molecule has 0 rings (SSSR count). The molecule has 0 aromatic rings. The molecule has 0 aliphatic heterocycles. The lowest BCUT2D eigenvalue weighted by molar-refractivity contribution is -0.161. The second-order valence-electron chi connectivity index (χ2n) is 14.4. The molecule has 0 bridgehead atoms. The van der Waals surface area contributed by atoms with Crippen molar-refractivity contribution in [1.82, 2.24) is 0 Å². The van der Waals surface area contributed by atoms with Gasteiger partial charge in [0.1, 0.15) is 6.61 Å². The molecule has 312 valence electrons. The van der Waals surface area contributed by atoms with E-state index in [1.807, 2.05) is 0 Å². The highest BCUT2D eigenvalue weighted by Crippen LogP contribution is 2.13. The van der Waals surface area contributed by atoms with E-state index in [2.05, 4.69) is 111 Å². The Morgan fingerprint density at radius 2 is 0.782 bits per heavy atom. The normalized spacial score (nSPS) is 13.1. The number of carbonyl (C=O) groups is 2. The molecular weight excluding hydrogens is 681 g/mol. The Bertz CT molecular complexity index is 1090. The molecule has 0 amide bonds. The van der Waals surface area contributed by atoms with Gasteiger partial charge in [-0.1, -0.05) is 195 Å². The lowest BCUT2D eigenvalue weighted by atomic mass is 10.0. The highest BCUT2D eigenvalue weighted by Gasteiger charge is 2.16. The van der Waals surface area contributed by atoms with Crippen molar-refractivity contribution in [2.45, 2.75) is 193 Å². The number of carbonyl (C=O) groups excluding carboxylic acids is 2. The molecule has 5 nitrogen and oxygen atoms in total. The van der Waals surface area contributed by atoms with Crippen molar-refractivity contribution in [3.05, 3.63) is 97.2 Å². The number of aliphatic hydroxyl groups excluding tert-OH is 1. The standard InChI is InChI=1S/C50H82O5/c1-3-5-7-9-11-12-13-14-15-16-17-18-19-20-21-22-23-24-25-26-27-28-29-30-31-32-33-34-35-36-37-38-39-41-43-45-50(53)55-48(46-51)47-54-49(52)44-42-40-10-8-6-4-2/h5,7,11-12,14-15,17-18,20-21,23-24,26-27,29-30,48,51H,3-4,6,8-10,13,16,19,22,25,28,31-47H2,1-2H3/b7-5-,12-11-,15-14-,18-17-,21-20-,24-23-,27-26-,30-29-. The molecule has 1 atom stereocenters. The van der Waals surface area contributed by atoms with Crippen LogP contribution in [0.5, 0.6) is 0 Å². The van der Waals surface area contributed by atoms with Gasteiger partial charge in [0.2, 0.25) is 0 Å². The minimum atomic E-state index is -0.774. The number of unbranched alkanes of at least 4 members (excludes halogenated alkanes) is 15. The molecule has 0 spiro atoms. The number of hydrogen-bond donors (Lipinski definition) is 1. The molecule has 0 heterocycles. The van der Waals surface area contributed by atoms with Gasteiger partial charge in [-0.3, -0.25) is 9.59 Å². The van der Waals surface area contributed by atoms with Crippen LogP contribution in [-0.4, -0.2) is 36.4 Å². The van der Waals surface area contributed by atoms with E-state index in [0.29, 0.717) is 12.8 Å². The summed E-state index contributed by atoms with van der Waals surface area (Å²) in [5.41, 5.74) is 0. The smallest absolute Gasteiger partial charge is 0.306 e. The summed E-state index contributed by atoms with van der Waals surface area (Å²) in [6.07, 6.45) is 63.8. The van der Waals surface area contributed by atoms with Crippen molar-refractivity contribution >= 4 is 11.9 Å². The summed E-state index contributed by atoms with van der Waals surface area (Å²) in [6, 6.07) is 0. The summed E-state index contributed by atoms with van der Waals surface area (Å²) in [5.74, 6) is -0.612. The Hall–Kier alpha value is -3.18. The Kier molecular flexibility index (Phi) is 42.6. The molecule has 0 saturated heterocycles.